The molecule has 0 bridgehead atoms. The number of aromatic nitrogens is 1. The molecular formula is C25H33N5O3. The lowest BCUT2D eigenvalue weighted by Crippen LogP contribution is -2.43. The summed E-state index contributed by atoms with van der Waals surface area (Å²) in [7, 11) is 1.69. The highest BCUT2D eigenvalue weighted by Gasteiger charge is 2.21. The molecule has 1 unspecified atom stereocenters. The summed E-state index contributed by atoms with van der Waals surface area (Å²) in [5.41, 5.74) is 3.36. The zero-order valence-corrected chi connectivity index (χ0v) is 19.2. The van der Waals surface area contributed by atoms with E-state index < -0.39 is 0 Å². The fourth-order valence-electron chi connectivity index (χ4n) is 4.54. The smallest absolute Gasteiger partial charge is 0.251 e. The molecule has 8 heteroatoms. The van der Waals surface area contributed by atoms with Crippen molar-refractivity contribution < 1.29 is 14.3 Å². The van der Waals surface area contributed by atoms with Crippen LogP contribution in [0.25, 0.3) is 0 Å². The quantitative estimate of drug-likeness (QED) is 0.567. The molecule has 1 aromatic heterocycles. The highest BCUT2D eigenvalue weighted by atomic mass is 16.5. The van der Waals surface area contributed by atoms with E-state index in [-0.39, 0.29) is 18.1 Å². The van der Waals surface area contributed by atoms with Gasteiger partial charge in [-0.15, -0.1) is 0 Å². The molecule has 0 spiro atoms. The number of carbonyl (C=O) groups is 2. The van der Waals surface area contributed by atoms with Crippen molar-refractivity contribution in [2.75, 3.05) is 45.2 Å². The molecule has 33 heavy (non-hydrogen) atoms. The molecule has 2 aliphatic rings. The maximum absolute atomic E-state index is 12.8. The molecular weight excluding hydrogens is 418 g/mol. The first-order valence-corrected chi connectivity index (χ1v) is 11.7. The Bertz CT molecular complexity index is 945. The zero-order chi connectivity index (χ0) is 23.0. The lowest BCUT2D eigenvalue weighted by atomic mass is 10.00. The molecule has 4 rings (SSSR count). The second-order valence-electron chi connectivity index (χ2n) is 8.81. The van der Waals surface area contributed by atoms with E-state index in [0.29, 0.717) is 17.9 Å². The molecule has 0 aliphatic carbocycles. The number of hydrogen-bond acceptors (Lipinski definition) is 6. The number of nitrogens with one attached hydrogen (secondary N) is 2. The van der Waals surface area contributed by atoms with Crippen molar-refractivity contribution in [3.05, 3.63) is 59.3 Å². The molecule has 1 fully saturated rings. The minimum Gasteiger partial charge on any atom is -0.378 e. The fourth-order valence-corrected chi connectivity index (χ4v) is 4.54. The predicted octanol–water partition coefficient (Wildman–Crippen LogP) is 1.92. The van der Waals surface area contributed by atoms with E-state index in [4.69, 9.17) is 4.74 Å². The van der Waals surface area contributed by atoms with E-state index in [1.54, 1.807) is 30.3 Å². The molecule has 0 saturated carbocycles. The molecule has 2 aromatic rings. The molecule has 8 nitrogen and oxygen atoms in total. The summed E-state index contributed by atoms with van der Waals surface area (Å²) in [4.78, 5) is 32.2. The van der Waals surface area contributed by atoms with E-state index in [2.05, 4.69) is 44.8 Å². The Morgan fingerprint density at radius 1 is 1.21 bits per heavy atom. The lowest BCUT2D eigenvalue weighted by Gasteiger charge is -2.31. The van der Waals surface area contributed by atoms with E-state index in [9.17, 15) is 9.59 Å². The standard InChI is InChI=1S/C25H33N5O3/c1-33-23(17-30-11-7-19-4-2-3-5-21(19)16-30)15-27-25(32)20-6-10-26-24(14-20)28-22-8-12-29(18-31)13-9-22/h2-6,10,14,18,22-23H,7-9,11-13,15-17H2,1H3,(H,26,28)(H,27,32). The Morgan fingerprint density at radius 3 is 2.76 bits per heavy atom. The number of carbonyl (C=O) groups excluding carboxylic acids is 2. The predicted molar refractivity (Wildman–Crippen MR) is 127 cm³/mol. The highest BCUT2D eigenvalue weighted by molar-refractivity contribution is 5.94. The monoisotopic (exact) mass is 451 g/mol. The Kier molecular flexibility index (Phi) is 7.91. The van der Waals surface area contributed by atoms with Gasteiger partial charge in [-0.1, -0.05) is 24.3 Å². The second kappa shape index (κ2) is 11.2. The van der Waals surface area contributed by atoms with Gasteiger partial charge in [0, 0.05) is 64.2 Å². The van der Waals surface area contributed by atoms with Crippen LogP contribution in [0.15, 0.2) is 42.6 Å². The highest BCUT2D eigenvalue weighted by Crippen LogP contribution is 2.19. The molecule has 2 amide bonds. The number of nitrogens with zero attached hydrogens (tertiary/aromatic N) is 3. The number of likely N-dealkylation sites (tertiary alicyclic amines) is 1. The Balaban J connectivity index is 1.26. The normalized spacial score (nSPS) is 17.8. The number of benzene rings is 1. The van der Waals surface area contributed by atoms with Crippen LogP contribution in [0.3, 0.4) is 0 Å². The van der Waals surface area contributed by atoms with Gasteiger partial charge >= 0.3 is 0 Å². The molecule has 2 N–H and O–H groups in total. The summed E-state index contributed by atoms with van der Waals surface area (Å²) in [6.45, 7) is 4.60. The molecule has 1 saturated heterocycles. The van der Waals surface area contributed by atoms with Crippen molar-refractivity contribution in [1.82, 2.24) is 20.1 Å². The average molecular weight is 452 g/mol. The van der Waals surface area contributed by atoms with Crippen LogP contribution in [0, 0.1) is 0 Å². The molecule has 2 aliphatic heterocycles. The third-order valence-corrected chi connectivity index (χ3v) is 6.55. The van der Waals surface area contributed by atoms with E-state index >= 15 is 0 Å². The number of pyridine rings is 1. The van der Waals surface area contributed by atoms with Gasteiger partial charge in [-0.3, -0.25) is 14.5 Å². The summed E-state index contributed by atoms with van der Waals surface area (Å²) in [6, 6.07) is 12.3. The number of amides is 2. The molecule has 0 radical (unpaired) electrons. The Labute approximate surface area is 195 Å². The van der Waals surface area contributed by atoms with Gasteiger partial charge in [0.2, 0.25) is 6.41 Å². The number of fused-ring (bicyclic) bond motifs is 1. The van der Waals surface area contributed by atoms with Crippen LogP contribution in [0.2, 0.25) is 0 Å². The summed E-state index contributed by atoms with van der Waals surface area (Å²) >= 11 is 0. The summed E-state index contributed by atoms with van der Waals surface area (Å²) in [5.74, 6) is 0.546. The van der Waals surface area contributed by atoms with Gasteiger partial charge in [0.1, 0.15) is 5.82 Å². The van der Waals surface area contributed by atoms with Crippen molar-refractivity contribution in [3.63, 3.8) is 0 Å². The zero-order valence-electron chi connectivity index (χ0n) is 19.2. The largest absolute Gasteiger partial charge is 0.378 e. The third-order valence-electron chi connectivity index (χ3n) is 6.55. The summed E-state index contributed by atoms with van der Waals surface area (Å²) in [6.07, 6.45) is 5.25. The summed E-state index contributed by atoms with van der Waals surface area (Å²) < 4.78 is 5.66. The molecule has 1 aromatic carbocycles. The van der Waals surface area contributed by atoms with Gasteiger partial charge in [-0.25, -0.2) is 4.98 Å². The van der Waals surface area contributed by atoms with Crippen LogP contribution in [0.4, 0.5) is 5.82 Å². The van der Waals surface area contributed by atoms with Gasteiger partial charge in [0.15, 0.2) is 0 Å². The van der Waals surface area contributed by atoms with Crippen molar-refractivity contribution in [1.29, 1.82) is 0 Å². The SMILES string of the molecule is COC(CNC(=O)c1ccnc(NC2CCN(C=O)CC2)c1)CN1CCc2ccccc2C1. The minimum absolute atomic E-state index is 0.0818. The van der Waals surface area contributed by atoms with Gasteiger partial charge in [0.25, 0.3) is 5.91 Å². The molecule has 176 valence electrons. The maximum atomic E-state index is 12.8. The minimum atomic E-state index is -0.137. The number of rotatable bonds is 9. The number of anilines is 1. The molecule has 1 atom stereocenters. The van der Waals surface area contributed by atoms with Crippen LogP contribution in [0.1, 0.15) is 34.3 Å². The van der Waals surface area contributed by atoms with Gasteiger partial charge in [0.05, 0.1) is 6.10 Å². The van der Waals surface area contributed by atoms with E-state index in [1.807, 2.05) is 0 Å². The van der Waals surface area contributed by atoms with Crippen LogP contribution >= 0.6 is 0 Å². The van der Waals surface area contributed by atoms with E-state index in [1.165, 1.54) is 11.1 Å². The fraction of sp³-hybridized carbons (Fsp3) is 0.480. The topological polar surface area (TPSA) is 86.8 Å². The van der Waals surface area contributed by atoms with Gasteiger partial charge in [-0.2, -0.15) is 0 Å². The second-order valence-corrected chi connectivity index (χ2v) is 8.81. The lowest BCUT2D eigenvalue weighted by molar-refractivity contribution is -0.118. The maximum Gasteiger partial charge on any atom is 0.251 e. The number of methoxy groups -OCH3 is 1. The van der Waals surface area contributed by atoms with Crippen molar-refractivity contribution in [2.45, 2.75) is 38.0 Å². The van der Waals surface area contributed by atoms with Gasteiger partial charge < -0.3 is 20.3 Å². The van der Waals surface area contributed by atoms with Crippen molar-refractivity contribution in [3.8, 4) is 0 Å². The summed E-state index contributed by atoms with van der Waals surface area (Å²) in [5, 5.41) is 6.41. The van der Waals surface area contributed by atoms with Crippen LogP contribution in [-0.4, -0.2) is 79.1 Å². The number of ether oxygens (including phenoxy) is 1. The Hall–Kier alpha value is -2.97. The van der Waals surface area contributed by atoms with Crippen LogP contribution < -0.4 is 10.6 Å². The number of hydrogen-bond donors (Lipinski definition) is 2. The Morgan fingerprint density at radius 2 is 2.00 bits per heavy atom. The first-order valence-electron chi connectivity index (χ1n) is 11.7. The van der Waals surface area contributed by atoms with E-state index in [0.717, 1.165) is 58.4 Å². The first-order chi connectivity index (χ1) is 16.1. The van der Waals surface area contributed by atoms with Gasteiger partial charge in [-0.05, 0) is 42.5 Å². The third kappa shape index (κ3) is 6.30. The average Bonchev–Trinajstić information content (AvgIpc) is 2.87. The van der Waals surface area contributed by atoms with Crippen LogP contribution in [0.5, 0.6) is 0 Å². The number of piperidine rings is 1. The first kappa shape index (κ1) is 23.2. The van der Waals surface area contributed by atoms with Crippen LogP contribution in [-0.2, 0) is 22.5 Å². The molecule has 3 heterocycles. The van der Waals surface area contributed by atoms with Crippen molar-refractivity contribution in [2.24, 2.45) is 0 Å². The van der Waals surface area contributed by atoms with Crippen molar-refractivity contribution >= 4 is 18.1 Å².